The second-order valence-corrected chi connectivity index (χ2v) is 5.82. The monoisotopic (exact) mass is 265 g/mol. The molecule has 2 N–H and O–H groups in total. The average Bonchev–Trinajstić information content (AvgIpc) is 2.83. The average molecular weight is 265 g/mol. The normalized spacial score (nSPS) is 14.7. The molecule has 0 aliphatic carbocycles. The van der Waals surface area contributed by atoms with Crippen LogP contribution in [0.4, 0.5) is 5.82 Å². The smallest absolute Gasteiger partial charge is 0.138 e. The molecular weight excluding hydrogens is 246 g/mol. The molecule has 0 saturated heterocycles. The number of hydrogen-bond donors (Lipinski definition) is 2. The second-order valence-electron chi connectivity index (χ2n) is 4.70. The number of hydrogen-bond acceptors (Lipinski definition) is 5. The highest BCUT2D eigenvalue weighted by molar-refractivity contribution is 7.18. The van der Waals surface area contributed by atoms with Crippen molar-refractivity contribution < 1.29 is 5.11 Å². The van der Waals surface area contributed by atoms with Crippen LogP contribution in [0.15, 0.2) is 12.4 Å². The molecule has 0 radical (unpaired) electrons. The third kappa shape index (κ3) is 2.47. The fraction of sp³-hybridized carbons (Fsp3) is 0.538. The van der Waals surface area contributed by atoms with Crippen LogP contribution in [0.3, 0.4) is 0 Å². The number of anilines is 1. The number of nitrogens with zero attached hydrogens (tertiary/aromatic N) is 2. The number of rotatable bonds is 5. The highest BCUT2D eigenvalue weighted by Gasteiger charge is 2.22. The van der Waals surface area contributed by atoms with E-state index < -0.39 is 0 Å². The Labute approximate surface area is 111 Å². The van der Waals surface area contributed by atoms with Crippen molar-refractivity contribution in [1.82, 2.24) is 9.97 Å². The fourth-order valence-electron chi connectivity index (χ4n) is 1.70. The van der Waals surface area contributed by atoms with Gasteiger partial charge in [-0.3, -0.25) is 0 Å². The first kappa shape index (κ1) is 13.2. The summed E-state index contributed by atoms with van der Waals surface area (Å²) < 4.78 is 0. The van der Waals surface area contributed by atoms with Gasteiger partial charge in [0, 0.05) is 4.88 Å². The second kappa shape index (κ2) is 5.20. The van der Waals surface area contributed by atoms with E-state index in [1.807, 2.05) is 13.8 Å². The summed E-state index contributed by atoms with van der Waals surface area (Å²) in [5.41, 5.74) is -0.338. The molecule has 5 heteroatoms. The van der Waals surface area contributed by atoms with Gasteiger partial charge >= 0.3 is 0 Å². The first-order valence-corrected chi connectivity index (χ1v) is 7.06. The molecule has 0 aliphatic rings. The minimum absolute atomic E-state index is 0.0831. The molecule has 1 atom stereocenters. The van der Waals surface area contributed by atoms with E-state index >= 15 is 0 Å². The van der Waals surface area contributed by atoms with Crippen LogP contribution in [0.1, 0.15) is 32.1 Å². The summed E-state index contributed by atoms with van der Waals surface area (Å²) in [5, 5.41) is 13.9. The molecule has 1 unspecified atom stereocenters. The number of aromatic nitrogens is 2. The first-order chi connectivity index (χ1) is 8.61. The Morgan fingerprint density at radius 1 is 1.39 bits per heavy atom. The summed E-state index contributed by atoms with van der Waals surface area (Å²) in [4.78, 5) is 10.9. The number of aliphatic hydroxyl groups is 1. The zero-order valence-corrected chi connectivity index (χ0v) is 11.8. The Kier molecular flexibility index (Phi) is 3.82. The van der Waals surface area contributed by atoms with E-state index in [-0.39, 0.29) is 12.1 Å². The van der Waals surface area contributed by atoms with Gasteiger partial charge in [-0.25, -0.2) is 9.97 Å². The standard InChI is InChI=1S/C13H19N3OS/c1-4-9-6-10-11(14-8-15-12(10)18-9)16-13(3,5-2)7-17/h6,8,17H,4-5,7H2,1-3H3,(H,14,15,16). The van der Waals surface area contributed by atoms with E-state index in [9.17, 15) is 5.11 Å². The molecule has 2 aromatic rings. The van der Waals surface area contributed by atoms with Crippen molar-refractivity contribution in [3.63, 3.8) is 0 Å². The Balaban J connectivity index is 2.41. The maximum Gasteiger partial charge on any atom is 0.138 e. The molecule has 0 fully saturated rings. The van der Waals surface area contributed by atoms with Gasteiger partial charge in [0.15, 0.2) is 0 Å². The molecule has 18 heavy (non-hydrogen) atoms. The van der Waals surface area contributed by atoms with Crippen LogP contribution in [0.25, 0.3) is 10.2 Å². The zero-order chi connectivity index (χ0) is 13.2. The largest absolute Gasteiger partial charge is 0.394 e. The Morgan fingerprint density at radius 2 is 2.17 bits per heavy atom. The number of nitrogens with one attached hydrogen (secondary N) is 1. The van der Waals surface area contributed by atoms with Crippen LogP contribution in [-0.2, 0) is 6.42 Å². The van der Waals surface area contributed by atoms with Gasteiger partial charge in [-0.05, 0) is 25.8 Å². The predicted molar refractivity (Wildman–Crippen MR) is 76.2 cm³/mol. The Bertz CT molecular complexity index is 534. The maximum atomic E-state index is 9.47. The highest BCUT2D eigenvalue weighted by atomic mass is 32.1. The minimum Gasteiger partial charge on any atom is -0.394 e. The van der Waals surface area contributed by atoms with Gasteiger partial charge in [0.25, 0.3) is 0 Å². The third-order valence-electron chi connectivity index (χ3n) is 3.28. The molecule has 0 amide bonds. The predicted octanol–water partition coefficient (Wildman–Crippen LogP) is 2.83. The summed E-state index contributed by atoms with van der Waals surface area (Å²) >= 11 is 1.70. The van der Waals surface area contributed by atoms with E-state index in [1.165, 1.54) is 4.88 Å². The van der Waals surface area contributed by atoms with Gasteiger partial charge in [0.05, 0.1) is 17.5 Å². The number of aliphatic hydroxyl groups excluding tert-OH is 1. The molecule has 0 saturated carbocycles. The maximum absolute atomic E-state index is 9.47. The lowest BCUT2D eigenvalue weighted by molar-refractivity contribution is 0.218. The van der Waals surface area contributed by atoms with E-state index in [1.54, 1.807) is 17.7 Å². The van der Waals surface area contributed by atoms with E-state index in [0.717, 1.165) is 28.9 Å². The molecule has 0 aliphatic heterocycles. The number of thiophene rings is 1. The third-order valence-corrected chi connectivity index (χ3v) is 4.47. The summed E-state index contributed by atoms with van der Waals surface area (Å²) in [6.45, 7) is 6.26. The molecule has 0 spiro atoms. The highest BCUT2D eigenvalue weighted by Crippen LogP contribution is 2.30. The molecule has 2 aromatic heterocycles. The quantitative estimate of drug-likeness (QED) is 0.873. The Hall–Kier alpha value is -1.20. The molecule has 2 rings (SSSR count). The topological polar surface area (TPSA) is 58.0 Å². The van der Waals surface area contributed by atoms with Gasteiger partial charge in [0.1, 0.15) is 17.0 Å². The summed E-state index contributed by atoms with van der Waals surface area (Å²) in [6.07, 6.45) is 3.42. The van der Waals surface area contributed by atoms with Crippen LogP contribution < -0.4 is 5.32 Å². The molecule has 2 heterocycles. The van der Waals surface area contributed by atoms with Crippen LogP contribution in [0.2, 0.25) is 0 Å². The summed E-state index contributed by atoms with van der Waals surface area (Å²) in [6, 6.07) is 2.13. The van der Waals surface area contributed by atoms with E-state index in [2.05, 4.69) is 28.3 Å². The van der Waals surface area contributed by atoms with Crippen molar-refractivity contribution in [2.75, 3.05) is 11.9 Å². The summed E-state index contributed by atoms with van der Waals surface area (Å²) in [7, 11) is 0. The number of aryl methyl sites for hydroxylation is 1. The molecule has 98 valence electrons. The fourth-order valence-corrected chi connectivity index (χ4v) is 2.64. The van der Waals surface area contributed by atoms with Crippen LogP contribution in [0, 0.1) is 0 Å². The van der Waals surface area contributed by atoms with Gasteiger partial charge in [-0.15, -0.1) is 11.3 Å². The van der Waals surface area contributed by atoms with Crippen LogP contribution in [0.5, 0.6) is 0 Å². The van der Waals surface area contributed by atoms with Crippen molar-refractivity contribution in [3.05, 3.63) is 17.3 Å². The van der Waals surface area contributed by atoms with Crippen molar-refractivity contribution in [3.8, 4) is 0 Å². The van der Waals surface area contributed by atoms with Crippen molar-refractivity contribution in [1.29, 1.82) is 0 Å². The van der Waals surface area contributed by atoms with Crippen molar-refractivity contribution in [2.45, 2.75) is 39.2 Å². The van der Waals surface area contributed by atoms with E-state index in [4.69, 9.17) is 0 Å². The lowest BCUT2D eigenvalue weighted by Gasteiger charge is -2.27. The van der Waals surface area contributed by atoms with E-state index in [0.29, 0.717) is 0 Å². The van der Waals surface area contributed by atoms with Gasteiger partial charge < -0.3 is 10.4 Å². The molecule has 0 bridgehead atoms. The molecule has 4 nitrogen and oxygen atoms in total. The van der Waals surface area contributed by atoms with Gasteiger partial charge in [0.2, 0.25) is 0 Å². The van der Waals surface area contributed by atoms with Gasteiger partial charge in [-0.2, -0.15) is 0 Å². The molecular formula is C13H19N3OS. The lowest BCUT2D eigenvalue weighted by Crippen LogP contribution is -2.38. The minimum atomic E-state index is -0.338. The Morgan fingerprint density at radius 3 is 2.78 bits per heavy atom. The van der Waals surface area contributed by atoms with Crippen LogP contribution in [-0.4, -0.2) is 27.2 Å². The van der Waals surface area contributed by atoms with Crippen LogP contribution >= 0.6 is 11.3 Å². The lowest BCUT2D eigenvalue weighted by atomic mass is 10.0. The number of fused-ring (bicyclic) bond motifs is 1. The zero-order valence-electron chi connectivity index (χ0n) is 11.0. The first-order valence-electron chi connectivity index (χ1n) is 6.24. The summed E-state index contributed by atoms with van der Waals surface area (Å²) in [5.74, 6) is 0.814. The van der Waals surface area contributed by atoms with Crippen molar-refractivity contribution in [2.24, 2.45) is 0 Å². The van der Waals surface area contributed by atoms with Crippen molar-refractivity contribution >= 4 is 27.4 Å². The SMILES string of the molecule is CCc1cc2c(NC(C)(CC)CO)ncnc2s1. The molecule has 0 aromatic carbocycles. The van der Waals surface area contributed by atoms with Gasteiger partial charge in [-0.1, -0.05) is 13.8 Å².